The minimum Gasteiger partial charge on any atom is -0.480 e. The van der Waals surface area contributed by atoms with E-state index in [0.29, 0.717) is 17.7 Å². The molecule has 0 spiro atoms. The number of benzene rings is 2. The van der Waals surface area contributed by atoms with Crippen molar-refractivity contribution in [3.05, 3.63) is 69.2 Å². The average molecular weight is 436 g/mol. The van der Waals surface area contributed by atoms with Crippen LogP contribution in [0.4, 0.5) is 13.2 Å². The Morgan fingerprint density at radius 1 is 1.04 bits per heavy atom. The Morgan fingerprint density at radius 2 is 1.57 bits per heavy atom. The minimum atomic E-state index is -4.56. The fourth-order valence-electron chi connectivity index (χ4n) is 2.39. The molecule has 2 aromatic carbocycles. The molecule has 0 radical (unpaired) electrons. The van der Waals surface area contributed by atoms with Crippen LogP contribution in [0.1, 0.15) is 22.8 Å². The molecule has 0 saturated carbocycles. The maximum absolute atomic E-state index is 12.6. The van der Waals surface area contributed by atoms with E-state index in [9.17, 15) is 33.0 Å². The van der Waals surface area contributed by atoms with Gasteiger partial charge in [-0.15, -0.1) is 0 Å². The van der Waals surface area contributed by atoms with E-state index >= 15 is 0 Å². The molecule has 2 atom stereocenters. The molecule has 10 heteroatoms. The molecule has 0 heterocycles. The highest BCUT2D eigenvalue weighted by Crippen LogP contribution is 2.30. The van der Waals surface area contributed by atoms with Crippen LogP contribution in [0, 0.1) is 0 Å². The largest absolute Gasteiger partial charge is 0.480 e. The highest BCUT2D eigenvalue weighted by molar-refractivity contribution is 6.36. The van der Waals surface area contributed by atoms with Gasteiger partial charge in [-0.25, -0.2) is 4.79 Å². The van der Waals surface area contributed by atoms with Crippen molar-refractivity contribution >= 4 is 35.1 Å². The van der Waals surface area contributed by atoms with E-state index in [1.807, 2.05) is 0 Å². The molecule has 0 unspecified atom stereocenters. The van der Waals surface area contributed by atoms with E-state index in [0.717, 1.165) is 12.1 Å². The van der Waals surface area contributed by atoms with Gasteiger partial charge in [-0.05, 0) is 35.4 Å². The number of aliphatic hydroxyl groups excluding tert-OH is 1. The monoisotopic (exact) mass is 435 g/mol. The third-order valence-corrected chi connectivity index (χ3v) is 4.59. The van der Waals surface area contributed by atoms with Crippen LogP contribution in [0.5, 0.6) is 0 Å². The second-order valence-corrected chi connectivity index (χ2v) is 6.64. The van der Waals surface area contributed by atoms with Crippen LogP contribution in [-0.4, -0.2) is 28.1 Å². The molecular formula is C18H14Cl2F3NO4. The van der Waals surface area contributed by atoms with Crippen molar-refractivity contribution in [1.29, 1.82) is 0 Å². The highest BCUT2D eigenvalue weighted by atomic mass is 35.5. The van der Waals surface area contributed by atoms with Crippen molar-refractivity contribution in [3.8, 4) is 0 Å². The summed E-state index contributed by atoms with van der Waals surface area (Å²) in [4.78, 5) is 23.7. The van der Waals surface area contributed by atoms with Crippen LogP contribution in [0.2, 0.25) is 10.0 Å². The van der Waals surface area contributed by atoms with E-state index in [1.165, 1.54) is 12.1 Å². The zero-order valence-electron chi connectivity index (χ0n) is 14.0. The number of aliphatic hydroxyl groups is 1. The predicted molar refractivity (Wildman–Crippen MR) is 96.1 cm³/mol. The molecule has 0 aliphatic heterocycles. The van der Waals surface area contributed by atoms with E-state index in [-0.39, 0.29) is 22.0 Å². The van der Waals surface area contributed by atoms with Crippen LogP contribution in [0.25, 0.3) is 0 Å². The first kappa shape index (κ1) is 22.0. The quantitative estimate of drug-likeness (QED) is 0.642. The highest BCUT2D eigenvalue weighted by Gasteiger charge is 2.31. The van der Waals surface area contributed by atoms with Gasteiger partial charge in [-0.3, -0.25) is 4.79 Å². The van der Waals surface area contributed by atoms with Gasteiger partial charge >= 0.3 is 12.1 Å². The first-order valence-corrected chi connectivity index (χ1v) is 8.57. The topological polar surface area (TPSA) is 86.6 Å². The van der Waals surface area contributed by atoms with Gasteiger partial charge in [0.2, 0.25) is 0 Å². The molecule has 0 aliphatic rings. The number of rotatable bonds is 6. The molecule has 0 aliphatic carbocycles. The molecular weight excluding hydrogens is 422 g/mol. The third kappa shape index (κ3) is 5.37. The Hall–Kier alpha value is -2.29. The van der Waals surface area contributed by atoms with E-state index in [1.54, 1.807) is 6.07 Å². The lowest BCUT2D eigenvalue weighted by atomic mass is 10.0. The SMILES string of the molecule is O=C(O)[C@H](Cc1c(Cl)cccc1Cl)NC(=O)[C@@H](O)c1ccc(C(F)(F)F)cc1. The average Bonchev–Trinajstić information content (AvgIpc) is 2.62. The van der Waals surface area contributed by atoms with Crippen LogP contribution in [-0.2, 0) is 22.2 Å². The summed E-state index contributed by atoms with van der Waals surface area (Å²) in [5, 5.41) is 21.9. The molecule has 5 nitrogen and oxygen atoms in total. The molecule has 1 amide bonds. The number of nitrogens with one attached hydrogen (secondary N) is 1. The summed E-state index contributed by atoms with van der Waals surface area (Å²) >= 11 is 12.0. The lowest BCUT2D eigenvalue weighted by Gasteiger charge is -2.19. The fraction of sp³-hybridized carbons (Fsp3) is 0.222. The molecule has 150 valence electrons. The maximum atomic E-state index is 12.6. The van der Waals surface area contributed by atoms with E-state index in [4.69, 9.17) is 23.2 Å². The lowest BCUT2D eigenvalue weighted by molar-refractivity contribution is -0.143. The second-order valence-electron chi connectivity index (χ2n) is 5.83. The number of carboxylic acids is 1. The number of halogens is 5. The number of hydrogen-bond donors (Lipinski definition) is 3. The lowest BCUT2D eigenvalue weighted by Crippen LogP contribution is -2.44. The molecule has 2 rings (SSSR count). The van der Waals surface area contributed by atoms with Crippen molar-refractivity contribution in [3.63, 3.8) is 0 Å². The van der Waals surface area contributed by atoms with E-state index < -0.39 is 35.8 Å². The first-order valence-electron chi connectivity index (χ1n) is 7.82. The van der Waals surface area contributed by atoms with Crippen LogP contribution >= 0.6 is 23.2 Å². The summed E-state index contributed by atoms with van der Waals surface area (Å²) in [7, 11) is 0. The van der Waals surface area contributed by atoms with E-state index in [2.05, 4.69) is 5.32 Å². The molecule has 3 N–H and O–H groups in total. The fourth-order valence-corrected chi connectivity index (χ4v) is 2.94. The first-order chi connectivity index (χ1) is 13.0. The number of aliphatic carboxylic acids is 1. The van der Waals surface area contributed by atoms with Crippen LogP contribution in [0.3, 0.4) is 0 Å². The maximum Gasteiger partial charge on any atom is 0.416 e. The standard InChI is InChI=1S/C18H14Cl2F3NO4/c19-12-2-1-3-13(20)11(12)8-14(17(27)28)24-16(26)15(25)9-4-6-10(7-5-9)18(21,22)23/h1-7,14-15,25H,8H2,(H,24,26)(H,27,28)/t14-,15-/m0/s1. The van der Waals surface area contributed by atoms with Crippen molar-refractivity contribution < 1.29 is 33.0 Å². The van der Waals surface area contributed by atoms with Crippen molar-refractivity contribution in [2.75, 3.05) is 0 Å². The second kappa shape index (κ2) is 8.81. The number of hydrogen-bond acceptors (Lipinski definition) is 3. The Morgan fingerprint density at radius 3 is 2.04 bits per heavy atom. The summed E-state index contributed by atoms with van der Waals surface area (Å²) in [6.07, 6.45) is -6.67. The van der Waals surface area contributed by atoms with Gasteiger partial charge in [0.15, 0.2) is 6.10 Å². The van der Waals surface area contributed by atoms with Gasteiger partial charge < -0.3 is 15.5 Å². The summed E-state index contributed by atoms with van der Waals surface area (Å²) in [5.41, 5.74) is -0.770. The van der Waals surface area contributed by atoms with Gasteiger partial charge in [0.25, 0.3) is 5.91 Å². The summed E-state index contributed by atoms with van der Waals surface area (Å²) in [6, 6.07) is 6.40. The van der Waals surface area contributed by atoms with Gasteiger partial charge in [0, 0.05) is 16.5 Å². The Balaban J connectivity index is 2.14. The van der Waals surface area contributed by atoms with Gasteiger partial charge in [-0.1, -0.05) is 41.4 Å². The molecule has 2 aromatic rings. The predicted octanol–water partition coefficient (Wildman–Crippen LogP) is 3.86. The third-order valence-electron chi connectivity index (χ3n) is 3.89. The number of carbonyl (C=O) groups excluding carboxylic acids is 1. The van der Waals surface area contributed by atoms with Crippen LogP contribution < -0.4 is 5.32 Å². The van der Waals surface area contributed by atoms with Crippen LogP contribution in [0.15, 0.2) is 42.5 Å². The number of carbonyl (C=O) groups is 2. The zero-order chi connectivity index (χ0) is 21.1. The van der Waals surface area contributed by atoms with Gasteiger partial charge in [-0.2, -0.15) is 13.2 Å². The van der Waals surface area contributed by atoms with Crippen molar-refractivity contribution in [2.45, 2.75) is 24.7 Å². The van der Waals surface area contributed by atoms with Gasteiger partial charge in [0.1, 0.15) is 6.04 Å². The number of carboxylic acid groups (broad SMARTS) is 1. The molecule has 0 bridgehead atoms. The molecule has 0 saturated heterocycles. The summed E-state index contributed by atoms with van der Waals surface area (Å²) < 4.78 is 37.8. The Labute approximate surface area is 167 Å². The normalized spacial score (nSPS) is 13.6. The molecule has 0 fully saturated rings. The minimum absolute atomic E-state index is 0.120. The summed E-state index contributed by atoms with van der Waals surface area (Å²) in [5.74, 6) is -2.49. The summed E-state index contributed by atoms with van der Waals surface area (Å²) in [6.45, 7) is 0. The Kier molecular flexibility index (Phi) is 6.92. The number of alkyl halides is 3. The molecule has 28 heavy (non-hydrogen) atoms. The Bertz CT molecular complexity index is 852. The number of amides is 1. The molecule has 0 aromatic heterocycles. The smallest absolute Gasteiger partial charge is 0.416 e. The van der Waals surface area contributed by atoms with Gasteiger partial charge in [0.05, 0.1) is 5.56 Å². The van der Waals surface area contributed by atoms with Crippen molar-refractivity contribution in [2.24, 2.45) is 0 Å². The van der Waals surface area contributed by atoms with Crippen molar-refractivity contribution in [1.82, 2.24) is 5.32 Å². The zero-order valence-corrected chi connectivity index (χ0v) is 15.5.